The highest BCUT2D eigenvalue weighted by atomic mass is 16.5. The van der Waals surface area contributed by atoms with Gasteiger partial charge in [-0.25, -0.2) is 0 Å². The third-order valence-electron chi connectivity index (χ3n) is 3.92. The number of Topliss-reactive ketones (excluding diaryl/α,β-unsaturated/α-hetero) is 1. The average Bonchev–Trinajstić information content (AvgIpc) is 2.98. The highest BCUT2D eigenvalue weighted by Crippen LogP contribution is 2.56. The van der Waals surface area contributed by atoms with E-state index in [0.717, 1.165) is 5.75 Å². The number of ketones is 1. The van der Waals surface area contributed by atoms with E-state index < -0.39 is 0 Å². The van der Waals surface area contributed by atoms with Crippen molar-refractivity contribution in [1.29, 1.82) is 0 Å². The predicted molar refractivity (Wildman–Crippen MR) is 72.9 cm³/mol. The van der Waals surface area contributed by atoms with Gasteiger partial charge in [0.2, 0.25) is 0 Å². The molecule has 0 heterocycles. The van der Waals surface area contributed by atoms with Gasteiger partial charge in [-0.15, -0.1) is 0 Å². The summed E-state index contributed by atoms with van der Waals surface area (Å²) in [7, 11) is 1.67. The van der Waals surface area contributed by atoms with Crippen molar-refractivity contribution in [1.82, 2.24) is 0 Å². The van der Waals surface area contributed by atoms with E-state index in [9.17, 15) is 4.79 Å². The van der Waals surface area contributed by atoms with Gasteiger partial charge in [0.1, 0.15) is 11.5 Å². The number of carbonyl (C=O) groups excluding carboxylic acids is 1. The van der Waals surface area contributed by atoms with Crippen LogP contribution in [-0.2, 0) is 4.79 Å². The monoisotopic (exact) mass is 246 g/mol. The SMILES string of the molecule is COc1ccc(C2C(C)C2C(=O)C(C)(C)C)cc1. The van der Waals surface area contributed by atoms with Crippen LogP contribution in [-0.4, -0.2) is 12.9 Å². The van der Waals surface area contributed by atoms with E-state index in [1.54, 1.807) is 7.11 Å². The Labute approximate surface area is 109 Å². The smallest absolute Gasteiger partial charge is 0.142 e. The standard InChI is InChI=1S/C16H22O2/c1-10-13(14(10)15(17)16(2,3)4)11-6-8-12(18-5)9-7-11/h6-10,13-14H,1-5H3. The van der Waals surface area contributed by atoms with Crippen molar-refractivity contribution in [3.63, 3.8) is 0 Å². The molecule has 3 unspecified atom stereocenters. The Morgan fingerprint density at radius 3 is 2.17 bits per heavy atom. The van der Waals surface area contributed by atoms with Gasteiger partial charge in [0.05, 0.1) is 7.11 Å². The zero-order chi connectivity index (χ0) is 13.5. The Kier molecular flexibility index (Phi) is 3.22. The van der Waals surface area contributed by atoms with Crippen molar-refractivity contribution in [2.45, 2.75) is 33.6 Å². The van der Waals surface area contributed by atoms with Gasteiger partial charge in [0, 0.05) is 11.3 Å². The van der Waals surface area contributed by atoms with Crippen LogP contribution in [0.5, 0.6) is 5.75 Å². The number of rotatable bonds is 3. The maximum Gasteiger partial charge on any atom is 0.142 e. The quantitative estimate of drug-likeness (QED) is 0.813. The van der Waals surface area contributed by atoms with Crippen molar-refractivity contribution in [2.24, 2.45) is 17.3 Å². The van der Waals surface area contributed by atoms with Gasteiger partial charge in [0.25, 0.3) is 0 Å². The first-order chi connectivity index (χ1) is 8.36. The highest BCUT2D eigenvalue weighted by Gasteiger charge is 2.54. The van der Waals surface area contributed by atoms with Crippen molar-refractivity contribution in [3.05, 3.63) is 29.8 Å². The van der Waals surface area contributed by atoms with Gasteiger partial charge in [-0.05, 0) is 29.5 Å². The molecule has 0 N–H and O–H groups in total. The molecule has 98 valence electrons. The molecule has 1 aliphatic rings. The molecule has 1 aromatic carbocycles. The van der Waals surface area contributed by atoms with Crippen molar-refractivity contribution in [2.75, 3.05) is 7.11 Å². The summed E-state index contributed by atoms with van der Waals surface area (Å²) in [5.74, 6) is 2.30. The van der Waals surface area contributed by atoms with Gasteiger partial charge in [-0.1, -0.05) is 39.8 Å². The van der Waals surface area contributed by atoms with E-state index >= 15 is 0 Å². The Bertz CT molecular complexity index is 439. The summed E-state index contributed by atoms with van der Waals surface area (Å²) in [5.41, 5.74) is 1.02. The molecular weight excluding hydrogens is 224 g/mol. The van der Waals surface area contributed by atoms with Crippen LogP contribution < -0.4 is 4.74 Å². The molecule has 18 heavy (non-hydrogen) atoms. The number of hydrogen-bond acceptors (Lipinski definition) is 2. The third-order valence-corrected chi connectivity index (χ3v) is 3.92. The lowest BCUT2D eigenvalue weighted by molar-refractivity contribution is -0.127. The first-order valence-corrected chi connectivity index (χ1v) is 6.54. The predicted octanol–water partition coefficient (Wildman–Crippen LogP) is 3.66. The maximum absolute atomic E-state index is 12.3. The van der Waals surface area contributed by atoms with Crippen LogP contribution in [0.1, 0.15) is 39.2 Å². The molecule has 3 atom stereocenters. The van der Waals surface area contributed by atoms with Gasteiger partial charge >= 0.3 is 0 Å². The molecule has 0 saturated heterocycles. The summed E-state index contributed by atoms with van der Waals surface area (Å²) >= 11 is 0. The van der Waals surface area contributed by atoms with Crippen LogP contribution >= 0.6 is 0 Å². The number of benzene rings is 1. The minimum atomic E-state index is -0.236. The molecule has 0 radical (unpaired) electrons. The van der Waals surface area contributed by atoms with E-state index in [0.29, 0.717) is 17.6 Å². The lowest BCUT2D eigenvalue weighted by atomic mass is 9.86. The molecule has 0 amide bonds. The first kappa shape index (κ1) is 13.1. The van der Waals surface area contributed by atoms with E-state index in [2.05, 4.69) is 19.1 Å². The van der Waals surface area contributed by atoms with Crippen LogP contribution in [0.15, 0.2) is 24.3 Å². The van der Waals surface area contributed by atoms with E-state index in [4.69, 9.17) is 4.74 Å². The Balaban J connectivity index is 2.14. The second-order valence-corrected chi connectivity index (χ2v) is 6.30. The molecule has 0 spiro atoms. The molecule has 1 saturated carbocycles. The second-order valence-electron chi connectivity index (χ2n) is 6.30. The number of carbonyl (C=O) groups is 1. The summed E-state index contributed by atoms with van der Waals surface area (Å²) in [4.78, 5) is 12.3. The third kappa shape index (κ3) is 2.29. The number of hydrogen-bond donors (Lipinski definition) is 0. The summed E-state index contributed by atoms with van der Waals surface area (Å²) in [5, 5.41) is 0. The second kappa shape index (κ2) is 4.42. The van der Waals surface area contributed by atoms with Crippen LogP contribution in [0.2, 0.25) is 0 Å². The molecule has 2 heteroatoms. The summed E-state index contributed by atoms with van der Waals surface area (Å²) in [6.07, 6.45) is 0. The lowest BCUT2D eigenvalue weighted by Crippen LogP contribution is -2.22. The fourth-order valence-corrected chi connectivity index (χ4v) is 2.70. The van der Waals surface area contributed by atoms with Gasteiger partial charge in [0.15, 0.2) is 0 Å². The van der Waals surface area contributed by atoms with Crippen LogP contribution in [0.3, 0.4) is 0 Å². The van der Waals surface area contributed by atoms with Crippen LogP contribution in [0.25, 0.3) is 0 Å². The van der Waals surface area contributed by atoms with E-state index in [-0.39, 0.29) is 11.3 Å². The molecule has 1 aromatic rings. The molecule has 0 bridgehead atoms. The molecule has 0 aliphatic heterocycles. The molecule has 1 fully saturated rings. The fraction of sp³-hybridized carbons (Fsp3) is 0.562. The van der Waals surface area contributed by atoms with Crippen LogP contribution in [0, 0.1) is 17.3 Å². The zero-order valence-electron chi connectivity index (χ0n) is 11.9. The summed E-state index contributed by atoms with van der Waals surface area (Å²) < 4.78 is 5.16. The average molecular weight is 246 g/mol. The van der Waals surface area contributed by atoms with E-state index in [1.807, 2.05) is 32.9 Å². The number of ether oxygens (including phenoxy) is 1. The minimum Gasteiger partial charge on any atom is -0.497 e. The molecular formula is C16H22O2. The normalized spacial score (nSPS) is 26.8. The zero-order valence-corrected chi connectivity index (χ0v) is 11.9. The molecule has 2 rings (SSSR count). The highest BCUT2D eigenvalue weighted by molar-refractivity contribution is 5.90. The van der Waals surface area contributed by atoms with Gasteiger partial charge < -0.3 is 4.74 Å². The topological polar surface area (TPSA) is 26.3 Å². The van der Waals surface area contributed by atoms with Crippen LogP contribution in [0.4, 0.5) is 0 Å². The first-order valence-electron chi connectivity index (χ1n) is 6.54. The maximum atomic E-state index is 12.3. The molecule has 0 aromatic heterocycles. The summed E-state index contributed by atoms with van der Waals surface area (Å²) in [6, 6.07) is 8.10. The van der Waals surface area contributed by atoms with Crippen molar-refractivity contribution >= 4 is 5.78 Å². The molecule has 2 nitrogen and oxygen atoms in total. The Morgan fingerprint density at radius 2 is 1.72 bits per heavy atom. The fourth-order valence-electron chi connectivity index (χ4n) is 2.70. The Hall–Kier alpha value is -1.31. The molecule has 1 aliphatic carbocycles. The Morgan fingerprint density at radius 1 is 1.17 bits per heavy atom. The van der Waals surface area contributed by atoms with Gasteiger partial charge in [-0.2, -0.15) is 0 Å². The summed E-state index contributed by atoms with van der Waals surface area (Å²) in [6.45, 7) is 8.19. The largest absolute Gasteiger partial charge is 0.497 e. The lowest BCUT2D eigenvalue weighted by Gasteiger charge is -2.16. The van der Waals surface area contributed by atoms with Gasteiger partial charge in [-0.3, -0.25) is 4.79 Å². The van der Waals surface area contributed by atoms with Crippen molar-refractivity contribution in [3.8, 4) is 5.75 Å². The number of methoxy groups -OCH3 is 1. The van der Waals surface area contributed by atoms with E-state index in [1.165, 1.54) is 5.56 Å². The minimum absolute atomic E-state index is 0.193. The van der Waals surface area contributed by atoms with Crippen molar-refractivity contribution < 1.29 is 9.53 Å².